The zero-order valence-corrected chi connectivity index (χ0v) is 9.22. The van der Waals surface area contributed by atoms with Gasteiger partial charge in [-0.2, -0.15) is 0 Å². The lowest BCUT2D eigenvalue weighted by molar-refractivity contribution is 0.0695. The predicted molar refractivity (Wildman–Crippen MR) is 60.6 cm³/mol. The minimum absolute atomic E-state index is 0.335. The summed E-state index contributed by atoms with van der Waals surface area (Å²) in [5.74, 6) is -0.885. The van der Waals surface area contributed by atoms with Gasteiger partial charge in [-0.1, -0.05) is 0 Å². The predicted octanol–water partition coefficient (Wildman–Crippen LogP) is 1.42. The van der Waals surface area contributed by atoms with Gasteiger partial charge in [-0.15, -0.1) is 0 Å². The van der Waals surface area contributed by atoms with Crippen LogP contribution in [0.5, 0.6) is 0 Å². The zero-order chi connectivity index (χ0) is 11.4. The Kier molecular flexibility index (Phi) is 3.51. The van der Waals surface area contributed by atoms with Gasteiger partial charge >= 0.3 is 5.97 Å². The normalized spacial score (nSPS) is 16.5. The summed E-state index contributed by atoms with van der Waals surface area (Å²) in [5.41, 5.74) is 1.03. The van der Waals surface area contributed by atoms with Crippen LogP contribution in [0.3, 0.4) is 0 Å². The van der Waals surface area contributed by atoms with Crippen LogP contribution >= 0.6 is 0 Å². The van der Waals surface area contributed by atoms with Crippen LogP contribution in [0.25, 0.3) is 0 Å². The number of carboxylic acids is 1. The number of hydrogen-bond acceptors (Lipinski definition) is 3. The molecule has 86 valence electrons. The maximum Gasteiger partial charge on any atom is 0.337 e. The quantitative estimate of drug-likeness (QED) is 0.833. The second-order valence-corrected chi connectivity index (χ2v) is 4.10. The van der Waals surface area contributed by atoms with Crippen molar-refractivity contribution in [3.05, 3.63) is 29.6 Å². The van der Waals surface area contributed by atoms with E-state index < -0.39 is 5.97 Å². The number of likely N-dealkylation sites (tertiary alicyclic amines) is 1. The molecule has 4 nitrogen and oxygen atoms in total. The molecular weight excluding hydrogens is 204 g/mol. The molecule has 0 spiro atoms. The number of aromatic nitrogens is 1. The molecule has 0 atom stereocenters. The molecule has 1 saturated heterocycles. The third-order valence-corrected chi connectivity index (χ3v) is 2.98. The molecule has 1 aromatic heterocycles. The Balaban J connectivity index is 2.00. The first-order valence-corrected chi connectivity index (χ1v) is 5.67. The van der Waals surface area contributed by atoms with Gasteiger partial charge in [0, 0.05) is 19.2 Å². The molecule has 16 heavy (non-hydrogen) atoms. The fraction of sp³-hybridized carbons (Fsp3) is 0.500. The lowest BCUT2D eigenvalue weighted by Crippen LogP contribution is -2.23. The minimum Gasteiger partial charge on any atom is -0.478 e. The van der Waals surface area contributed by atoms with Crippen LogP contribution < -0.4 is 0 Å². The lowest BCUT2D eigenvalue weighted by Gasteiger charge is -2.14. The molecule has 4 heteroatoms. The average Bonchev–Trinajstić information content (AvgIpc) is 2.79. The van der Waals surface area contributed by atoms with Crippen LogP contribution in [-0.2, 0) is 6.42 Å². The summed E-state index contributed by atoms with van der Waals surface area (Å²) >= 11 is 0. The van der Waals surface area contributed by atoms with E-state index in [4.69, 9.17) is 5.11 Å². The first kappa shape index (κ1) is 11.1. The molecule has 0 amide bonds. The van der Waals surface area contributed by atoms with Crippen LogP contribution in [0.2, 0.25) is 0 Å². The molecule has 1 N–H and O–H groups in total. The highest BCUT2D eigenvalue weighted by molar-refractivity contribution is 5.88. The molecule has 1 fully saturated rings. The van der Waals surface area contributed by atoms with Crippen molar-refractivity contribution in [2.45, 2.75) is 19.3 Å². The molecule has 0 unspecified atom stereocenters. The largest absolute Gasteiger partial charge is 0.478 e. The third kappa shape index (κ3) is 2.58. The van der Waals surface area contributed by atoms with E-state index in [1.165, 1.54) is 12.8 Å². The van der Waals surface area contributed by atoms with Gasteiger partial charge in [-0.25, -0.2) is 4.79 Å². The maximum atomic E-state index is 11.0. The lowest BCUT2D eigenvalue weighted by atomic mass is 10.1. The van der Waals surface area contributed by atoms with E-state index in [-0.39, 0.29) is 0 Å². The Hall–Kier alpha value is -1.42. The number of rotatable bonds is 4. The summed E-state index contributed by atoms with van der Waals surface area (Å²) in [5, 5.41) is 9.00. The highest BCUT2D eigenvalue weighted by Crippen LogP contribution is 2.11. The molecule has 0 aliphatic carbocycles. The van der Waals surface area contributed by atoms with Gasteiger partial charge in [0.15, 0.2) is 0 Å². The van der Waals surface area contributed by atoms with Gasteiger partial charge in [0.25, 0.3) is 0 Å². The van der Waals surface area contributed by atoms with Gasteiger partial charge in [-0.3, -0.25) is 4.98 Å². The summed E-state index contributed by atoms with van der Waals surface area (Å²) in [6.07, 6.45) is 4.90. The van der Waals surface area contributed by atoms with Crippen LogP contribution in [0, 0.1) is 0 Å². The molecule has 2 heterocycles. The fourth-order valence-electron chi connectivity index (χ4n) is 2.10. The fourth-order valence-corrected chi connectivity index (χ4v) is 2.10. The Morgan fingerprint density at radius 2 is 2.19 bits per heavy atom. The monoisotopic (exact) mass is 220 g/mol. The summed E-state index contributed by atoms with van der Waals surface area (Å²) in [4.78, 5) is 17.5. The van der Waals surface area contributed by atoms with Crippen LogP contribution in [0.15, 0.2) is 18.3 Å². The summed E-state index contributed by atoms with van der Waals surface area (Å²) in [6, 6.07) is 3.29. The van der Waals surface area contributed by atoms with Crippen LogP contribution in [0.4, 0.5) is 0 Å². The van der Waals surface area contributed by atoms with Gasteiger partial charge in [0.2, 0.25) is 0 Å². The Morgan fingerprint density at radius 1 is 1.44 bits per heavy atom. The van der Waals surface area contributed by atoms with Crippen molar-refractivity contribution in [1.82, 2.24) is 9.88 Å². The SMILES string of the molecule is O=C(O)c1cccnc1CCN1CCCC1. The van der Waals surface area contributed by atoms with E-state index in [0.29, 0.717) is 11.3 Å². The molecule has 0 radical (unpaired) electrons. The molecule has 1 aromatic rings. The number of pyridine rings is 1. The van der Waals surface area contributed by atoms with Crippen molar-refractivity contribution in [1.29, 1.82) is 0 Å². The van der Waals surface area contributed by atoms with Crippen molar-refractivity contribution in [2.75, 3.05) is 19.6 Å². The van der Waals surface area contributed by atoms with E-state index in [1.54, 1.807) is 18.3 Å². The van der Waals surface area contributed by atoms with Gasteiger partial charge in [0.1, 0.15) is 0 Å². The van der Waals surface area contributed by atoms with Crippen molar-refractivity contribution >= 4 is 5.97 Å². The first-order chi connectivity index (χ1) is 7.77. The Bertz CT molecular complexity index is 373. The van der Waals surface area contributed by atoms with Crippen molar-refractivity contribution < 1.29 is 9.90 Å². The number of carboxylic acid groups (broad SMARTS) is 1. The Morgan fingerprint density at radius 3 is 2.88 bits per heavy atom. The molecule has 0 aromatic carbocycles. The first-order valence-electron chi connectivity index (χ1n) is 5.67. The summed E-state index contributed by atoms with van der Waals surface area (Å²) < 4.78 is 0. The van der Waals surface area contributed by atoms with Gasteiger partial charge in [0.05, 0.1) is 11.3 Å². The molecule has 1 aliphatic heterocycles. The number of aromatic carboxylic acids is 1. The van der Waals surface area contributed by atoms with E-state index in [1.807, 2.05) is 0 Å². The average molecular weight is 220 g/mol. The highest BCUT2D eigenvalue weighted by Gasteiger charge is 2.14. The molecule has 1 aliphatic rings. The molecule has 0 saturated carbocycles. The van der Waals surface area contributed by atoms with Gasteiger partial charge < -0.3 is 10.0 Å². The standard InChI is InChI=1S/C12H16N2O2/c15-12(16)10-4-3-6-13-11(10)5-9-14-7-1-2-8-14/h3-4,6H,1-2,5,7-9H2,(H,15,16). The molecule has 0 bridgehead atoms. The van der Waals surface area contributed by atoms with E-state index in [9.17, 15) is 4.79 Å². The number of nitrogens with zero attached hydrogens (tertiary/aromatic N) is 2. The number of carbonyl (C=O) groups is 1. The topological polar surface area (TPSA) is 53.4 Å². The van der Waals surface area contributed by atoms with E-state index in [2.05, 4.69) is 9.88 Å². The minimum atomic E-state index is -0.885. The zero-order valence-electron chi connectivity index (χ0n) is 9.22. The van der Waals surface area contributed by atoms with Crippen molar-refractivity contribution in [3.8, 4) is 0 Å². The third-order valence-electron chi connectivity index (χ3n) is 2.98. The summed E-state index contributed by atoms with van der Waals surface area (Å²) in [7, 11) is 0. The molecular formula is C12H16N2O2. The highest BCUT2D eigenvalue weighted by atomic mass is 16.4. The van der Waals surface area contributed by atoms with Crippen molar-refractivity contribution in [2.24, 2.45) is 0 Å². The summed E-state index contributed by atoms with van der Waals surface area (Å²) in [6.45, 7) is 3.18. The van der Waals surface area contributed by atoms with Crippen LogP contribution in [0.1, 0.15) is 28.9 Å². The van der Waals surface area contributed by atoms with Gasteiger partial charge in [-0.05, 0) is 38.1 Å². The van der Waals surface area contributed by atoms with Crippen molar-refractivity contribution in [3.63, 3.8) is 0 Å². The second kappa shape index (κ2) is 5.07. The van der Waals surface area contributed by atoms with E-state index >= 15 is 0 Å². The molecule has 2 rings (SSSR count). The van der Waals surface area contributed by atoms with E-state index in [0.717, 1.165) is 26.1 Å². The number of hydrogen-bond donors (Lipinski definition) is 1. The Labute approximate surface area is 94.9 Å². The second-order valence-electron chi connectivity index (χ2n) is 4.10. The maximum absolute atomic E-state index is 11.0. The van der Waals surface area contributed by atoms with Crippen LogP contribution in [-0.4, -0.2) is 40.6 Å². The smallest absolute Gasteiger partial charge is 0.337 e.